The summed E-state index contributed by atoms with van der Waals surface area (Å²) in [6.07, 6.45) is 1.03. The van der Waals surface area contributed by atoms with Crippen LogP contribution in [0.2, 0.25) is 0 Å². The molecule has 1 rings (SSSR count). The lowest BCUT2D eigenvalue weighted by atomic mass is 9.93. The summed E-state index contributed by atoms with van der Waals surface area (Å²) in [6.45, 7) is 8.88. The van der Waals surface area contributed by atoms with Gasteiger partial charge in [0.25, 0.3) is 0 Å². The van der Waals surface area contributed by atoms with Crippen molar-refractivity contribution >= 4 is 11.9 Å². The Morgan fingerprint density at radius 3 is 2.63 bits per heavy atom. The van der Waals surface area contributed by atoms with Crippen LogP contribution in [-0.2, 0) is 4.79 Å². The lowest BCUT2D eigenvalue weighted by Crippen LogP contribution is -2.55. The number of amides is 3. The summed E-state index contributed by atoms with van der Waals surface area (Å²) < 4.78 is 0. The quantitative estimate of drug-likeness (QED) is 0.680. The van der Waals surface area contributed by atoms with E-state index in [-0.39, 0.29) is 11.9 Å². The molecule has 6 nitrogen and oxygen atoms in total. The van der Waals surface area contributed by atoms with Gasteiger partial charge in [-0.15, -0.1) is 0 Å². The van der Waals surface area contributed by atoms with E-state index in [1.807, 2.05) is 6.92 Å². The van der Waals surface area contributed by atoms with E-state index in [1.165, 1.54) is 7.05 Å². The van der Waals surface area contributed by atoms with Gasteiger partial charge < -0.3 is 10.6 Å². The molecule has 1 fully saturated rings. The van der Waals surface area contributed by atoms with Gasteiger partial charge in [-0.1, -0.05) is 13.8 Å². The number of nitrogens with one attached hydrogen (secondary N) is 3. The third kappa shape index (κ3) is 4.47. The summed E-state index contributed by atoms with van der Waals surface area (Å²) in [7, 11) is 1.50. The minimum Gasteiger partial charge on any atom is -0.341 e. The van der Waals surface area contributed by atoms with Gasteiger partial charge in [-0.3, -0.25) is 15.0 Å². The van der Waals surface area contributed by atoms with Crippen molar-refractivity contribution in [2.45, 2.75) is 39.3 Å². The van der Waals surface area contributed by atoms with Gasteiger partial charge in [-0.2, -0.15) is 0 Å². The highest BCUT2D eigenvalue weighted by Crippen LogP contribution is 2.18. The highest BCUT2D eigenvalue weighted by molar-refractivity contribution is 5.96. The van der Waals surface area contributed by atoms with Crippen LogP contribution in [0.1, 0.15) is 27.2 Å². The predicted octanol–water partition coefficient (Wildman–Crippen LogP) is 0.150. The molecule has 0 bridgehead atoms. The molecule has 3 atom stereocenters. The van der Waals surface area contributed by atoms with Gasteiger partial charge in [0.2, 0.25) is 5.91 Å². The molecule has 0 aromatic heterocycles. The van der Waals surface area contributed by atoms with Crippen molar-refractivity contribution in [3.05, 3.63) is 0 Å². The van der Waals surface area contributed by atoms with Crippen LogP contribution >= 0.6 is 0 Å². The molecule has 6 heteroatoms. The summed E-state index contributed by atoms with van der Waals surface area (Å²) in [4.78, 5) is 25.2. The second kappa shape index (κ2) is 7.45. The lowest BCUT2D eigenvalue weighted by molar-refractivity contribution is -0.125. The second-order valence-corrected chi connectivity index (χ2v) is 5.17. The fourth-order valence-corrected chi connectivity index (χ4v) is 2.54. The van der Waals surface area contributed by atoms with Crippen LogP contribution < -0.4 is 16.0 Å². The zero-order valence-corrected chi connectivity index (χ0v) is 12.3. The van der Waals surface area contributed by atoms with Gasteiger partial charge in [-0.25, -0.2) is 4.79 Å². The van der Waals surface area contributed by atoms with E-state index in [9.17, 15) is 9.59 Å². The fourth-order valence-electron chi connectivity index (χ4n) is 2.54. The van der Waals surface area contributed by atoms with E-state index in [0.29, 0.717) is 12.0 Å². The first kappa shape index (κ1) is 15.9. The van der Waals surface area contributed by atoms with E-state index in [2.05, 4.69) is 34.7 Å². The Hall–Kier alpha value is -1.14. The van der Waals surface area contributed by atoms with Crippen LogP contribution in [-0.4, -0.2) is 55.6 Å². The summed E-state index contributed by atoms with van der Waals surface area (Å²) in [6, 6.07) is -0.204. The molecule has 1 aliphatic heterocycles. The topological polar surface area (TPSA) is 73.5 Å². The van der Waals surface area contributed by atoms with Crippen molar-refractivity contribution in [1.82, 2.24) is 20.9 Å². The average molecular weight is 270 g/mol. The summed E-state index contributed by atoms with van der Waals surface area (Å²) in [5.74, 6) is 0.261. The van der Waals surface area contributed by atoms with Crippen LogP contribution in [0.5, 0.6) is 0 Å². The average Bonchev–Trinajstić information content (AvgIpc) is 2.40. The van der Waals surface area contributed by atoms with Crippen LogP contribution in [0.4, 0.5) is 4.79 Å². The third-order valence-corrected chi connectivity index (χ3v) is 3.79. The second-order valence-electron chi connectivity index (χ2n) is 5.17. The Bertz CT molecular complexity index is 322. The summed E-state index contributed by atoms with van der Waals surface area (Å²) >= 11 is 0. The highest BCUT2D eigenvalue weighted by atomic mass is 16.2. The lowest BCUT2D eigenvalue weighted by Gasteiger charge is -2.39. The number of piperidine rings is 1. The number of imide groups is 1. The molecule has 0 aromatic carbocycles. The normalized spacial score (nSPS) is 25.7. The molecule has 0 aliphatic carbocycles. The molecule has 3 N–H and O–H groups in total. The number of urea groups is 1. The summed E-state index contributed by atoms with van der Waals surface area (Å²) in [5.41, 5.74) is 0. The van der Waals surface area contributed by atoms with E-state index in [4.69, 9.17) is 0 Å². The molecular weight excluding hydrogens is 244 g/mol. The molecule has 0 radical (unpaired) electrons. The highest BCUT2D eigenvalue weighted by Gasteiger charge is 2.30. The number of likely N-dealkylation sites (tertiary alicyclic amines) is 1. The molecule has 1 heterocycles. The monoisotopic (exact) mass is 270 g/mol. The minimum absolute atomic E-state index is 0.242. The molecule has 110 valence electrons. The zero-order chi connectivity index (χ0) is 14.4. The standard InChI is InChI=1S/C13H26N4O2/c1-5-15-11-6-7-17(8-9(11)2)10(3)12(18)16-13(19)14-4/h9-11,15H,5-8H2,1-4H3,(H2,14,16,18,19). The molecule has 3 unspecified atom stereocenters. The number of carbonyl (C=O) groups is 2. The molecule has 1 aliphatic rings. The molecule has 3 amide bonds. The maximum absolute atomic E-state index is 11.9. The van der Waals surface area contributed by atoms with Crippen LogP contribution in [0, 0.1) is 5.92 Å². The molecule has 0 aromatic rings. The first-order valence-electron chi connectivity index (χ1n) is 6.99. The van der Waals surface area contributed by atoms with Crippen LogP contribution in [0.3, 0.4) is 0 Å². The maximum Gasteiger partial charge on any atom is 0.321 e. The van der Waals surface area contributed by atoms with Gasteiger partial charge in [0, 0.05) is 26.2 Å². The van der Waals surface area contributed by atoms with Gasteiger partial charge in [0.05, 0.1) is 6.04 Å². The Morgan fingerprint density at radius 1 is 1.42 bits per heavy atom. The maximum atomic E-state index is 11.9. The zero-order valence-electron chi connectivity index (χ0n) is 12.3. The number of hydrogen-bond acceptors (Lipinski definition) is 4. The van der Waals surface area contributed by atoms with E-state index in [0.717, 1.165) is 26.1 Å². The first-order valence-corrected chi connectivity index (χ1v) is 6.99. The van der Waals surface area contributed by atoms with Crippen molar-refractivity contribution in [3.63, 3.8) is 0 Å². The SMILES string of the molecule is CCNC1CCN(C(C)C(=O)NC(=O)NC)CC1C. The van der Waals surface area contributed by atoms with E-state index < -0.39 is 6.03 Å². The van der Waals surface area contributed by atoms with Crippen LogP contribution in [0.15, 0.2) is 0 Å². The van der Waals surface area contributed by atoms with Crippen molar-refractivity contribution in [2.75, 3.05) is 26.7 Å². The molecule has 19 heavy (non-hydrogen) atoms. The van der Waals surface area contributed by atoms with E-state index >= 15 is 0 Å². The van der Waals surface area contributed by atoms with Crippen LogP contribution in [0.25, 0.3) is 0 Å². The summed E-state index contributed by atoms with van der Waals surface area (Å²) in [5, 5.41) is 8.19. The van der Waals surface area contributed by atoms with Crippen molar-refractivity contribution in [3.8, 4) is 0 Å². The number of nitrogens with zero attached hydrogens (tertiary/aromatic N) is 1. The van der Waals surface area contributed by atoms with E-state index in [1.54, 1.807) is 0 Å². The Morgan fingerprint density at radius 2 is 2.11 bits per heavy atom. The molecule has 0 saturated carbocycles. The van der Waals surface area contributed by atoms with Gasteiger partial charge in [0.1, 0.15) is 0 Å². The molecule has 1 saturated heterocycles. The number of hydrogen-bond donors (Lipinski definition) is 3. The number of rotatable bonds is 4. The largest absolute Gasteiger partial charge is 0.341 e. The van der Waals surface area contributed by atoms with Crippen molar-refractivity contribution in [1.29, 1.82) is 0 Å². The fraction of sp³-hybridized carbons (Fsp3) is 0.846. The minimum atomic E-state index is -0.451. The third-order valence-electron chi connectivity index (χ3n) is 3.79. The Kier molecular flexibility index (Phi) is 6.24. The smallest absolute Gasteiger partial charge is 0.321 e. The van der Waals surface area contributed by atoms with Gasteiger partial charge in [-0.05, 0) is 25.8 Å². The molecule has 0 spiro atoms. The number of carbonyl (C=O) groups excluding carboxylic acids is 2. The predicted molar refractivity (Wildman–Crippen MR) is 74.9 cm³/mol. The first-order chi connectivity index (χ1) is 8.99. The van der Waals surface area contributed by atoms with Gasteiger partial charge >= 0.3 is 6.03 Å². The molecular formula is C13H26N4O2. The van der Waals surface area contributed by atoms with Gasteiger partial charge in [0.15, 0.2) is 0 Å². The Balaban J connectivity index is 2.48. The Labute approximate surface area is 115 Å². The van der Waals surface area contributed by atoms with Crippen molar-refractivity contribution < 1.29 is 9.59 Å². The van der Waals surface area contributed by atoms with Crippen molar-refractivity contribution in [2.24, 2.45) is 5.92 Å².